The van der Waals surface area contributed by atoms with Gasteiger partial charge < -0.3 is 5.32 Å². The summed E-state index contributed by atoms with van der Waals surface area (Å²) in [6.45, 7) is 11.7. The molecule has 0 fully saturated rings. The molecule has 0 saturated heterocycles. The van der Waals surface area contributed by atoms with Crippen molar-refractivity contribution in [3.63, 3.8) is 0 Å². The third kappa shape index (κ3) is 6.21. The van der Waals surface area contributed by atoms with Gasteiger partial charge in [0.15, 0.2) is 5.78 Å². The molecule has 1 atom stereocenters. The Bertz CT molecular complexity index is 1390. The average Bonchev–Trinajstić information content (AvgIpc) is 2.79. The minimum absolute atomic E-state index is 0.0143. The van der Waals surface area contributed by atoms with Gasteiger partial charge in [-0.05, 0) is 67.1 Å². The molecule has 0 saturated carbocycles. The number of carbonyl (C=O) groups excluding carboxylic acids is 2. The predicted octanol–water partition coefficient (Wildman–Crippen LogP) is 5.63. The molecule has 7 heteroatoms. The molecule has 1 unspecified atom stereocenters. The Balaban J connectivity index is 1.83. The summed E-state index contributed by atoms with van der Waals surface area (Å²) in [5.74, 6) is -0.662. The zero-order valence-electron chi connectivity index (χ0n) is 21.9. The predicted molar refractivity (Wildman–Crippen MR) is 146 cm³/mol. The third-order valence-electron chi connectivity index (χ3n) is 6.24. The minimum atomic E-state index is -3.74. The number of carbonyl (C=O) groups is 2. The first kappa shape index (κ1) is 27.1. The quantitative estimate of drug-likeness (QED) is 0.421. The second kappa shape index (κ2) is 10.3. The van der Waals surface area contributed by atoms with Crippen molar-refractivity contribution in [3.8, 4) is 0 Å². The first-order chi connectivity index (χ1) is 16.7. The van der Waals surface area contributed by atoms with Crippen molar-refractivity contribution in [3.05, 3.63) is 94.5 Å². The van der Waals surface area contributed by atoms with Crippen molar-refractivity contribution >= 4 is 33.1 Å². The first-order valence-electron chi connectivity index (χ1n) is 11.8. The largest absolute Gasteiger partial charge is 0.324 e. The van der Waals surface area contributed by atoms with Gasteiger partial charge in [0, 0.05) is 16.8 Å². The van der Waals surface area contributed by atoms with E-state index >= 15 is 0 Å². The SMILES string of the molecule is Cc1ccc(N(C(C)C(=O)Nc2cccc(C(=O)c3ccc(C(C)(C)C)cc3)c2)S(C)(=O)=O)cc1C. The van der Waals surface area contributed by atoms with Crippen LogP contribution in [0, 0.1) is 13.8 Å². The fourth-order valence-corrected chi connectivity index (χ4v) is 5.11. The monoisotopic (exact) mass is 506 g/mol. The molecule has 3 aromatic rings. The molecule has 0 aliphatic carbocycles. The summed E-state index contributed by atoms with van der Waals surface area (Å²) < 4.78 is 26.3. The van der Waals surface area contributed by atoms with E-state index in [4.69, 9.17) is 0 Å². The number of ketones is 1. The molecule has 0 heterocycles. The van der Waals surface area contributed by atoms with Crippen molar-refractivity contribution in [1.82, 2.24) is 0 Å². The molecule has 6 nitrogen and oxygen atoms in total. The molecule has 0 aliphatic heterocycles. The highest BCUT2D eigenvalue weighted by molar-refractivity contribution is 7.92. The van der Waals surface area contributed by atoms with Gasteiger partial charge in [0.2, 0.25) is 15.9 Å². The molecule has 1 N–H and O–H groups in total. The molecule has 0 spiro atoms. The maximum atomic E-state index is 13.1. The fraction of sp³-hybridized carbons (Fsp3) is 0.310. The average molecular weight is 507 g/mol. The highest BCUT2D eigenvalue weighted by Crippen LogP contribution is 2.26. The van der Waals surface area contributed by atoms with E-state index in [0.29, 0.717) is 22.5 Å². The van der Waals surface area contributed by atoms with E-state index in [2.05, 4.69) is 26.1 Å². The summed E-state index contributed by atoms with van der Waals surface area (Å²) in [6.07, 6.45) is 1.08. The van der Waals surface area contributed by atoms with Crippen LogP contribution in [-0.2, 0) is 20.2 Å². The van der Waals surface area contributed by atoms with E-state index in [0.717, 1.165) is 27.3 Å². The smallest absolute Gasteiger partial charge is 0.247 e. The van der Waals surface area contributed by atoms with Gasteiger partial charge in [-0.25, -0.2) is 8.42 Å². The molecule has 1 amide bonds. The van der Waals surface area contributed by atoms with Gasteiger partial charge in [-0.15, -0.1) is 0 Å². The Morgan fingerprint density at radius 1 is 0.861 bits per heavy atom. The number of amides is 1. The number of hydrogen-bond acceptors (Lipinski definition) is 4. The molecule has 0 bridgehead atoms. The van der Waals surface area contributed by atoms with Crippen LogP contribution < -0.4 is 9.62 Å². The molecule has 3 aromatic carbocycles. The van der Waals surface area contributed by atoms with Crippen molar-refractivity contribution in [2.75, 3.05) is 15.9 Å². The topological polar surface area (TPSA) is 83.6 Å². The Morgan fingerprint density at radius 2 is 1.50 bits per heavy atom. The Morgan fingerprint density at radius 3 is 2.06 bits per heavy atom. The second-order valence-corrected chi connectivity index (χ2v) is 12.1. The maximum absolute atomic E-state index is 13.1. The van der Waals surface area contributed by atoms with Gasteiger partial charge in [0.05, 0.1) is 11.9 Å². The van der Waals surface area contributed by atoms with E-state index in [-0.39, 0.29) is 11.2 Å². The van der Waals surface area contributed by atoms with Crippen LogP contribution >= 0.6 is 0 Å². The van der Waals surface area contributed by atoms with E-state index in [1.807, 2.05) is 44.2 Å². The summed E-state index contributed by atoms with van der Waals surface area (Å²) in [6, 6.07) is 18.4. The van der Waals surface area contributed by atoms with Gasteiger partial charge in [0.1, 0.15) is 6.04 Å². The summed E-state index contributed by atoms with van der Waals surface area (Å²) in [7, 11) is -3.74. The summed E-state index contributed by atoms with van der Waals surface area (Å²) in [5, 5.41) is 2.77. The van der Waals surface area contributed by atoms with Crippen LogP contribution in [0.3, 0.4) is 0 Å². The standard InChI is InChI=1S/C29H34N2O4S/c1-19-11-16-26(17-20(19)2)31(36(7,34)35)21(3)28(33)30-25-10-8-9-23(18-25)27(32)22-12-14-24(15-13-22)29(4,5)6/h8-18,21H,1-7H3,(H,30,33). The summed E-state index contributed by atoms with van der Waals surface area (Å²) in [4.78, 5) is 26.2. The lowest BCUT2D eigenvalue weighted by Crippen LogP contribution is -2.45. The van der Waals surface area contributed by atoms with Gasteiger partial charge in [0.25, 0.3) is 0 Å². The Hall–Kier alpha value is -3.45. The van der Waals surface area contributed by atoms with E-state index in [9.17, 15) is 18.0 Å². The lowest BCUT2D eigenvalue weighted by atomic mass is 9.86. The number of nitrogens with zero attached hydrogens (tertiary/aromatic N) is 1. The molecular formula is C29H34N2O4S. The zero-order chi connectivity index (χ0) is 26.8. The molecule has 0 aliphatic rings. The van der Waals surface area contributed by atoms with Crippen molar-refractivity contribution in [2.24, 2.45) is 0 Å². The molecular weight excluding hydrogens is 472 g/mol. The molecule has 36 heavy (non-hydrogen) atoms. The Kier molecular flexibility index (Phi) is 7.74. The first-order valence-corrected chi connectivity index (χ1v) is 13.7. The maximum Gasteiger partial charge on any atom is 0.247 e. The molecule has 0 radical (unpaired) electrons. The van der Waals surface area contributed by atoms with E-state index in [1.54, 1.807) is 36.4 Å². The van der Waals surface area contributed by atoms with Gasteiger partial charge in [-0.1, -0.05) is 63.2 Å². The highest BCUT2D eigenvalue weighted by Gasteiger charge is 2.29. The molecule has 3 rings (SSSR count). The number of hydrogen-bond donors (Lipinski definition) is 1. The van der Waals surface area contributed by atoms with Crippen LogP contribution in [0.4, 0.5) is 11.4 Å². The summed E-state index contributed by atoms with van der Waals surface area (Å²) in [5.41, 5.74) is 4.89. The summed E-state index contributed by atoms with van der Waals surface area (Å²) >= 11 is 0. The van der Waals surface area contributed by atoms with Crippen LogP contribution in [0.25, 0.3) is 0 Å². The van der Waals surface area contributed by atoms with Crippen LogP contribution in [0.2, 0.25) is 0 Å². The van der Waals surface area contributed by atoms with Gasteiger partial charge in [-0.2, -0.15) is 0 Å². The van der Waals surface area contributed by atoms with E-state index in [1.165, 1.54) is 6.92 Å². The fourth-order valence-electron chi connectivity index (χ4n) is 3.94. The molecule has 190 valence electrons. The van der Waals surface area contributed by atoms with E-state index < -0.39 is 22.0 Å². The second-order valence-electron chi connectivity index (χ2n) is 10.2. The minimum Gasteiger partial charge on any atom is -0.324 e. The van der Waals surface area contributed by atoms with Crippen LogP contribution in [0.15, 0.2) is 66.7 Å². The van der Waals surface area contributed by atoms with Crippen molar-refractivity contribution in [1.29, 1.82) is 0 Å². The number of rotatable bonds is 7. The lowest BCUT2D eigenvalue weighted by Gasteiger charge is -2.28. The molecule has 0 aromatic heterocycles. The number of aryl methyl sites for hydroxylation is 2. The van der Waals surface area contributed by atoms with Crippen LogP contribution in [-0.4, -0.2) is 32.4 Å². The van der Waals surface area contributed by atoms with Gasteiger partial charge in [-0.3, -0.25) is 13.9 Å². The number of nitrogens with one attached hydrogen (secondary N) is 1. The zero-order valence-corrected chi connectivity index (χ0v) is 22.7. The normalized spacial score (nSPS) is 12.6. The van der Waals surface area contributed by atoms with Crippen molar-refractivity contribution < 1.29 is 18.0 Å². The third-order valence-corrected chi connectivity index (χ3v) is 7.48. The number of anilines is 2. The van der Waals surface area contributed by atoms with Gasteiger partial charge >= 0.3 is 0 Å². The Labute approximate surface area is 214 Å². The highest BCUT2D eigenvalue weighted by atomic mass is 32.2. The lowest BCUT2D eigenvalue weighted by molar-refractivity contribution is -0.116. The van der Waals surface area contributed by atoms with Crippen LogP contribution in [0.1, 0.15) is 60.3 Å². The number of sulfonamides is 1. The van der Waals surface area contributed by atoms with Crippen molar-refractivity contribution in [2.45, 2.75) is 53.0 Å². The number of benzene rings is 3. The van der Waals surface area contributed by atoms with Crippen LogP contribution in [0.5, 0.6) is 0 Å².